The molecule has 0 aromatic heterocycles. The van der Waals surface area contributed by atoms with E-state index < -0.39 is 0 Å². The fourth-order valence-electron chi connectivity index (χ4n) is 1.40. The molecule has 0 bridgehead atoms. The van der Waals surface area contributed by atoms with Crippen LogP contribution >= 0.6 is 0 Å². The van der Waals surface area contributed by atoms with E-state index in [9.17, 15) is 0 Å². The second-order valence-corrected chi connectivity index (χ2v) is 3.82. The maximum atomic E-state index is 5.32. The van der Waals surface area contributed by atoms with Crippen LogP contribution in [-0.4, -0.2) is 7.11 Å². The van der Waals surface area contributed by atoms with Crippen LogP contribution in [0.4, 0.5) is 0 Å². The van der Waals surface area contributed by atoms with Crippen molar-refractivity contribution < 1.29 is 4.74 Å². The van der Waals surface area contributed by atoms with Crippen molar-refractivity contribution in [3.63, 3.8) is 0 Å². The molecule has 1 rings (SSSR count). The molecule has 0 aliphatic rings. The Bertz CT molecular complexity index is 300. The predicted molar refractivity (Wildman–Crippen MR) is 56.6 cm³/mol. The fraction of sp³-hybridized carbons (Fsp3) is 0.500. The van der Waals surface area contributed by atoms with Crippen molar-refractivity contribution in [3.05, 3.63) is 28.8 Å². The second kappa shape index (κ2) is 3.82. The third-order valence-corrected chi connectivity index (χ3v) is 2.53. The molecule has 0 saturated heterocycles. The minimum Gasteiger partial charge on any atom is -0.496 e. The summed E-state index contributed by atoms with van der Waals surface area (Å²) in [7, 11) is 1.73. The largest absolute Gasteiger partial charge is 0.496 e. The molecular weight excluding hydrogens is 160 g/mol. The van der Waals surface area contributed by atoms with Gasteiger partial charge in [0.25, 0.3) is 0 Å². The van der Waals surface area contributed by atoms with Crippen molar-refractivity contribution in [1.29, 1.82) is 0 Å². The Balaban J connectivity index is 3.22. The van der Waals surface area contributed by atoms with Crippen LogP contribution in [0.25, 0.3) is 0 Å². The Morgan fingerprint density at radius 3 is 2.23 bits per heavy atom. The molecule has 0 amide bonds. The molecule has 0 fully saturated rings. The lowest BCUT2D eigenvalue weighted by molar-refractivity contribution is 0.410. The second-order valence-electron chi connectivity index (χ2n) is 3.82. The highest BCUT2D eigenvalue weighted by Gasteiger charge is 2.06. The molecule has 1 nitrogen and oxygen atoms in total. The van der Waals surface area contributed by atoms with Gasteiger partial charge < -0.3 is 4.74 Å². The van der Waals surface area contributed by atoms with Crippen LogP contribution in [0.5, 0.6) is 5.75 Å². The van der Waals surface area contributed by atoms with E-state index in [0.29, 0.717) is 5.92 Å². The highest BCUT2D eigenvalue weighted by Crippen LogP contribution is 2.26. The average Bonchev–Trinajstić information content (AvgIpc) is 2.09. The van der Waals surface area contributed by atoms with Gasteiger partial charge in [0.15, 0.2) is 0 Å². The third kappa shape index (κ3) is 2.03. The molecule has 0 heterocycles. The van der Waals surface area contributed by atoms with E-state index in [2.05, 4.69) is 39.8 Å². The summed E-state index contributed by atoms with van der Waals surface area (Å²) < 4.78 is 5.32. The van der Waals surface area contributed by atoms with Gasteiger partial charge in [-0.1, -0.05) is 19.9 Å². The lowest BCUT2D eigenvalue weighted by Crippen LogP contribution is -1.95. The standard InChI is InChI=1S/C12H18O/c1-8(2)11-6-9(3)10(4)12(7-11)13-5/h6-8H,1-5H3. The van der Waals surface area contributed by atoms with E-state index >= 15 is 0 Å². The zero-order chi connectivity index (χ0) is 10.0. The van der Waals surface area contributed by atoms with Crippen LogP contribution in [0.3, 0.4) is 0 Å². The van der Waals surface area contributed by atoms with Crippen LogP contribution in [0, 0.1) is 13.8 Å². The van der Waals surface area contributed by atoms with E-state index in [-0.39, 0.29) is 0 Å². The van der Waals surface area contributed by atoms with E-state index in [1.54, 1.807) is 7.11 Å². The third-order valence-electron chi connectivity index (χ3n) is 2.53. The molecule has 1 aromatic rings. The first-order chi connectivity index (χ1) is 6.06. The predicted octanol–water partition coefficient (Wildman–Crippen LogP) is 3.44. The maximum absolute atomic E-state index is 5.32. The minimum atomic E-state index is 0.563. The Morgan fingerprint density at radius 1 is 1.15 bits per heavy atom. The molecule has 1 aromatic carbocycles. The van der Waals surface area contributed by atoms with Crippen LogP contribution in [-0.2, 0) is 0 Å². The molecule has 0 atom stereocenters. The number of benzene rings is 1. The van der Waals surface area contributed by atoms with Crippen molar-refractivity contribution in [1.82, 2.24) is 0 Å². The van der Waals surface area contributed by atoms with Crippen molar-refractivity contribution >= 4 is 0 Å². The number of methoxy groups -OCH3 is 1. The molecule has 0 N–H and O–H groups in total. The summed E-state index contributed by atoms with van der Waals surface area (Å²) in [6.45, 7) is 8.62. The van der Waals surface area contributed by atoms with E-state index in [0.717, 1.165) is 5.75 Å². The summed E-state index contributed by atoms with van der Waals surface area (Å²) in [6.07, 6.45) is 0. The number of rotatable bonds is 2. The molecule has 0 saturated carbocycles. The normalized spacial score (nSPS) is 10.6. The Labute approximate surface area is 80.7 Å². The van der Waals surface area contributed by atoms with Crippen LogP contribution in [0.1, 0.15) is 36.5 Å². The number of hydrogen-bond acceptors (Lipinski definition) is 1. The van der Waals surface area contributed by atoms with Gasteiger partial charge in [-0.05, 0) is 42.5 Å². The first-order valence-corrected chi connectivity index (χ1v) is 4.71. The molecule has 72 valence electrons. The van der Waals surface area contributed by atoms with Crippen LogP contribution in [0.15, 0.2) is 12.1 Å². The zero-order valence-electron chi connectivity index (χ0n) is 9.14. The number of aryl methyl sites for hydroxylation is 1. The van der Waals surface area contributed by atoms with Gasteiger partial charge in [0.2, 0.25) is 0 Å². The first-order valence-electron chi connectivity index (χ1n) is 4.71. The number of ether oxygens (including phenoxy) is 1. The molecule has 0 aliphatic heterocycles. The summed E-state index contributed by atoms with van der Waals surface area (Å²) in [5.74, 6) is 1.57. The molecule has 0 radical (unpaired) electrons. The van der Waals surface area contributed by atoms with E-state index in [4.69, 9.17) is 4.74 Å². The quantitative estimate of drug-likeness (QED) is 0.674. The van der Waals surface area contributed by atoms with Gasteiger partial charge in [0.05, 0.1) is 7.11 Å². The Kier molecular flexibility index (Phi) is 2.97. The topological polar surface area (TPSA) is 9.23 Å². The molecular formula is C12H18O. The summed E-state index contributed by atoms with van der Waals surface area (Å²) in [4.78, 5) is 0. The molecule has 0 unspecified atom stereocenters. The number of hydrogen-bond donors (Lipinski definition) is 0. The van der Waals surface area contributed by atoms with Gasteiger partial charge in [0, 0.05) is 0 Å². The highest BCUT2D eigenvalue weighted by molar-refractivity contribution is 5.43. The van der Waals surface area contributed by atoms with Gasteiger partial charge in [-0.25, -0.2) is 0 Å². The monoisotopic (exact) mass is 178 g/mol. The van der Waals surface area contributed by atoms with Gasteiger partial charge in [0.1, 0.15) is 5.75 Å². The summed E-state index contributed by atoms with van der Waals surface area (Å²) >= 11 is 0. The van der Waals surface area contributed by atoms with Crippen molar-refractivity contribution in [2.24, 2.45) is 0 Å². The van der Waals surface area contributed by atoms with Gasteiger partial charge in [-0.3, -0.25) is 0 Å². The zero-order valence-corrected chi connectivity index (χ0v) is 9.14. The molecule has 1 heteroatoms. The molecule has 13 heavy (non-hydrogen) atoms. The van der Waals surface area contributed by atoms with E-state index in [1.165, 1.54) is 16.7 Å². The van der Waals surface area contributed by atoms with Crippen LogP contribution in [0.2, 0.25) is 0 Å². The van der Waals surface area contributed by atoms with Gasteiger partial charge in [-0.15, -0.1) is 0 Å². The lowest BCUT2D eigenvalue weighted by Gasteiger charge is -2.12. The Morgan fingerprint density at radius 2 is 1.77 bits per heavy atom. The Hall–Kier alpha value is -0.980. The van der Waals surface area contributed by atoms with Crippen molar-refractivity contribution in [3.8, 4) is 5.75 Å². The summed E-state index contributed by atoms with van der Waals surface area (Å²) in [6, 6.07) is 4.37. The highest BCUT2D eigenvalue weighted by atomic mass is 16.5. The van der Waals surface area contributed by atoms with Crippen molar-refractivity contribution in [2.45, 2.75) is 33.6 Å². The first kappa shape index (κ1) is 10.1. The smallest absolute Gasteiger partial charge is 0.122 e. The minimum absolute atomic E-state index is 0.563. The van der Waals surface area contributed by atoms with Crippen LogP contribution < -0.4 is 4.74 Å². The average molecular weight is 178 g/mol. The summed E-state index contributed by atoms with van der Waals surface area (Å²) in [5.41, 5.74) is 3.90. The fourth-order valence-corrected chi connectivity index (χ4v) is 1.40. The van der Waals surface area contributed by atoms with E-state index in [1.807, 2.05) is 0 Å². The molecule has 0 aliphatic carbocycles. The van der Waals surface area contributed by atoms with Gasteiger partial charge in [-0.2, -0.15) is 0 Å². The summed E-state index contributed by atoms with van der Waals surface area (Å²) in [5, 5.41) is 0. The lowest BCUT2D eigenvalue weighted by atomic mass is 9.98. The SMILES string of the molecule is COc1cc(C(C)C)cc(C)c1C. The van der Waals surface area contributed by atoms with Crippen molar-refractivity contribution in [2.75, 3.05) is 7.11 Å². The molecule has 0 spiro atoms. The maximum Gasteiger partial charge on any atom is 0.122 e. The van der Waals surface area contributed by atoms with Gasteiger partial charge >= 0.3 is 0 Å².